The van der Waals surface area contributed by atoms with Crippen LogP contribution in [-0.4, -0.2) is 43.8 Å². The summed E-state index contributed by atoms with van der Waals surface area (Å²) in [6.07, 6.45) is 7.82. The van der Waals surface area contributed by atoms with Crippen molar-refractivity contribution < 1.29 is 7.65 Å². The zero-order valence-corrected chi connectivity index (χ0v) is 15.6. The number of nitrogens with zero attached hydrogens (tertiary/aromatic N) is 4. The highest BCUT2D eigenvalue weighted by atomic mass is 16.2. The number of imidazole rings is 1. The van der Waals surface area contributed by atoms with Crippen LogP contribution in [-0.2, 0) is 4.79 Å². The first kappa shape index (κ1) is 16.9. The largest absolute Gasteiger partial charge is 0.382 e. The molecule has 1 saturated carbocycles. The predicted octanol–water partition coefficient (Wildman–Crippen LogP) is 3.51. The second-order valence-electron chi connectivity index (χ2n) is 7.48. The van der Waals surface area contributed by atoms with Crippen molar-refractivity contribution >= 4 is 28.3 Å². The molecule has 0 bridgehead atoms. The maximum absolute atomic E-state index is 12.4. The molecule has 7 heteroatoms. The highest BCUT2D eigenvalue weighted by molar-refractivity contribution is 5.82. The fraction of sp³-hybridized carbons (Fsp3) is 0.333. The Balaban J connectivity index is 0.00000128. The van der Waals surface area contributed by atoms with Crippen LogP contribution in [0.2, 0.25) is 0 Å². The summed E-state index contributed by atoms with van der Waals surface area (Å²) in [5.74, 6) is 1.51. The lowest BCUT2D eigenvalue weighted by Gasteiger charge is -2.33. The molecule has 3 N–H and O–H groups in total. The number of benzene rings is 1. The lowest BCUT2D eigenvalue weighted by atomic mass is 9.84. The fourth-order valence-electron chi connectivity index (χ4n) is 3.81. The molecule has 1 fully saturated rings. The summed E-state index contributed by atoms with van der Waals surface area (Å²) in [7, 11) is 0. The van der Waals surface area contributed by atoms with Crippen LogP contribution in [0.5, 0.6) is 0 Å². The average molecular weight is 378 g/mol. The molecule has 0 unspecified atom stereocenters. The SMILES string of the molecule is Nc1ncc(C2=CCN(C(=O)C3CCC3)CC2)nc1-c1nc2ccccc2[nH]1.[HH].[HH]. The van der Waals surface area contributed by atoms with Crippen molar-refractivity contribution in [3.8, 4) is 11.5 Å². The van der Waals surface area contributed by atoms with E-state index >= 15 is 0 Å². The number of rotatable bonds is 3. The van der Waals surface area contributed by atoms with Crippen molar-refractivity contribution in [2.24, 2.45) is 5.92 Å². The first-order chi connectivity index (χ1) is 13.7. The van der Waals surface area contributed by atoms with Crippen molar-refractivity contribution in [1.82, 2.24) is 24.8 Å². The number of carbonyl (C=O) groups is 1. The lowest BCUT2D eigenvalue weighted by molar-refractivity contribution is -0.137. The summed E-state index contributed by atoms with van der Waals surface area (Å²) in [5.41, 5.74) is 10.3. The summed E-state index contributed by atoms with van der Waals surface area (Å²) in [5, 5.41) is 0. The highest BCUT2D eigenvalue weighted by Gasteiger charge is 2.30. The molecule has 3 heterocycles. The zero-order valence-electron chi connectivity index (χ0n) is 15.6. The number of nitrogens with two attached hydrogens (primary N) is 1. The number of fused-ring (bicyclic) bond motifs is 1. The van der Waals surface area contributed by atoms with Gasteiger partial charge in [0.25, 0.3) is 0 Å². The minimum absolute atomic E-state index is 0. The van der Waals surface area contributed by atoms with Crippen LogP contribution >= 0.6 is 0 Å². The predicted molar refractivity (Wildman–Crippen MR) is 112 cm³/mol. The lowest BCUT2D eigenvalue weighted by Crippen LogP contribution is -2.41. The van der Waals surface area contributed by atoms with Crippen LogP contribution < -0.4 is 5.73 Å². The van der Waals surface area contributed by atoms with Gasteiger partial charge in [0.1, 0.15) is 5.69 Å². The van der Waals surface area contributed by atoms with Crippen LogP contribution in [0, 0.1) is 5.92 Å². The Morgan fingerprint density at radius 1 is 1.25 bits per heavy atom. The van der Waals surface area contributed by atoms with Crippen LogP contribution in [0.4, 0.5) is 5.82 Å². The Morgan fingerprint density at radius 2 is 2.11 bits per heavy atom. The van der Waals surface area contributed by atoms with E-state index in [2.05, 4.69) is 21.0 Å². The van der Waals surface area contributed by atoms with Crippen molar-refractivity contribution in [2.45, 2.75) is 25.7 Å². The summed E-state index contributed by atoms with van der Waals surface area (Å²) >= 11 is 0. The monoisotopic (exact) mass is 378 g/mol. The van der Waals surface area contributed by atoms with E-state index < -0.39 is 0 Å². The van der Waals surface area contributed by atoms with Crippen molar-refractivity contribution in [3.63, 3.8) is 0 Å². The van der Waals surface area contributed by atoms with Crippen LogP contribution in [0.3, 0.4) is 0 Å². The molecule has 5 rings (SSSR count). The Morgan fingerprint density at radius 3 is 2.82 bits per heavy atom. The highest BCUT2D eigenvalue weighted by Crippen LogP contribution is 2.31. The standard InChI is InChI=1S/C21H22N6O.2H2/c22-19-18(20-25-15-6-1-2-7-16(15)26-20)24-17(12-23-19)13-8-10-27(11-9-13)21(28)14-4-3-5-14;;/h1-2,6-8,12,14H,3-5,9-11H2,(H2,22,23)(H,25,26);2*1H. The molecule has 7 nitrogen and oxygen atoms in total. The molecule has 1 aliphatic heterocycles. The van der Waals surface area contributed by atoms with Crippen molar-refractivity contribution in [2.75, 3.05) is 18.8 Å². The van der Waals surface area contributed by atoms with Crippen LogP contribution in [0.15, 0.2) is 36.5 Å². The minimum Gasteiger partial charge on any atom is -0.382 e. The Bertz CT molecular complexity index is 1060. The van der Waals surface area contributed by atoms with Crippen molar-refractivity contribution in [1.29, 1.82) is 0 Å². The molecule has 28 heavy (non-hydrogen) atoms. The molecule has 1 aromatic carbocycles. The van der Waals surface area contributed by atoms with Gasteiger partial charge in [0, 0.05) is 21.9 Å². The molecule has 3 aromatic rings. The van der Waals surface area contributed by atoms with E-state index in [-0.39, 0.29) is 8.77 Å². The number of carbonyl (C=O) groups excluding carboxylic acids is 1. The van der Waals surface area contributed by atoms with Gasteiger partial charge in [0.05, 0.1) is 22.9 Å². The van der Waals surface area contributed by atoms with Crippen molar-refractivity contribution in [3.05, 3.63) is 42.2 Å². The molecule has 0 saturated heterocycles. The Kier molecular flexibility index (Phi) is 4.07. The number of anilines is 1. The first-order valence-electron chi connectivity index (χ1n) is 9.75. The summed E-state index contributed by atoms with van der Waals surface area (Å²) in [6.45, 7) is 1.36. The minimum atomic E-state index is 0. The Labute approximate surface area is 165 Å². The van der Waals surface area contributed by atoms with E-state index in [1.54, 1.807) is 6.20 Å². The van der Waals surface area contributed by atoms with E-state index in [1.165, 1.54) is 6.42 Å². The number of hydrogen-bond donors (Lipinski definition) is 2. The number of nitrogens with one attached hydrogen (secondary N) is 1. The van der Waals surface area contributed by atoms with Crippen LogP contribution in [0.25, 0.3) is 28.1 Å². The van der Waals surface area contributed by atoms with Gasteiger partial charge in [-0.05, 0) is 37.0 Å². The first-order valence-corrected chi connectivity index (χ1v) is 9.75. The van der Waals surface area contributed by atoms with Gasteiger partial charge in [-0.25, -0.2) is 15.0 Å². The van der Waals surface area contributed by atoms with Gasteiger partial charge in [-0.2, -0.15) is 0 Å². The molecule has 2 aliphatic rings. The molecule has 0 spiro atoms. The number of nitrogen functional groups attached to an aromatic ring is 1. The number of aromatic nitrogens is 4. The van der Waals surface area contributed by atoms with E-state index in [0.29, 0.717) is 29.8 Å². The molecular weight excluding hydrogens is 352 g/mol. The molecule has 1 aliphatic carbocycles. The smallest absolute Gasteiger partial charge is 0.225 e. The van der Waals surface area contributed by atoms with Gasteiger partial charge in [0.2, 0.25) is 5.91 Å². The molecule has 1 amide bonds. The molecule has 146 valence electrons. The maximum Gasteiger partial charge on any atom is 0.225 e. The molecule has 0 atom stereocenters. The van der Waals surface area contributed by atoms with E-state index in [0.717, 1.165) is 48.1 Å². The topological polar surface area (TPSA) is 101 Å². The zero-order chi connectivity index (χ0) is 19.1. The van der Waals surface area contributed by atoms with Gasteiger partial charge in [-0.1, -0.05) is 24.6 Å². The second-order valence-corrected chi connectivity index (χ2v) is 7.48. The quantitative estimate of drug-likeness (QED) is 0.726. The third kappa shape index (κ3) is 2.93. The average Bonchev–Trinajstić information content (AvgIpc) is 3.11. The normalized spacial score (nSPS) is 17.4. The number of hydrogen-bond acceptors (Lipinski definition) is 5. The van der Waals surface area contributed by atoms with Crippen LogP contribution in [0.1, 0.15) is 34.2 Å². The molecule has 0 radical (unpaired) electrons. The van der Waals surface area contributed by atoms with Gasteiger partial charge in [-0.3, -0.25) is 4.79 Å². The number of aromatic amines is 1. The Hall–Kier alpha value is -3.22. The number of amides is 1. The molecular formula is C21H26N6O. The van der Waals surface area contributed by atoms with Gasteiger partial charge in [0.15, 0.2) is 11.6 Å². The third-order valence-electron chi connectivity index (χ3n) is 5.72. The van der Waals surface area contributed by atoms with Gasteiger partial charge < -0.3 is 15.6 Å². The maximum atomic E-state index is 12.4. The summed E-state index contributed by atoms with van der Waals surface area (Å²) < 4.78 is 0. The fourth-order valence-corrected chi connectivity index (χ4v) is 3.81. The van der Waals surface area contributed by atoms with Gasteiger partial charge >= 0.3 is 0 Å². The van der Waals surface area contributed by atoms with E-state index in [1.807, 2.05) is 29.2 Å². The second kappa shape index (κ2) is 6.74. The van der Waals surface area contributed by atoms with Gasteiger partial charge in [-0.15, -0.1) is 0 Å². The summed E-state index contributed by atoms with van der Waals surface area (Å²) in [6, 6.07) is 7.82. The number of H-pyrrole nitrogens is 1. The third-order valence-corrected chi connectivity index (χ3v) is 5.72. The van der Waals surface area contributed by atoms with E-state index in [9.17, 15) is 4.79 Å². The van der Waals surface area contributed by atoms with E-state index in [4.69, 9.17) is 10.7 Å². The number of para-hydroxylation sites is 2. The summed E-state index contributed by atoms with van der Waals surface area (Å²) in [4.78, 5) is 31.3. The molecule has 2 aromatic heterocycles.